The molecule has 2 heteroatoms. The highest BCUT2D eigenvalue weighted by molar-refractivity contribution is 6.74. The first-order valence-electron chi connectivity index (χ1n) is 14.7. The summed E-state index contributed by atoms with van der Waals surface area (Å²) in [5.41, 5.74) is 6.51. The Kier molecular flexibility index (Phi) is 6.76. The van der Waals surface area contributed by atoms with Crippen molar-refractivity contribution in [2.75, 3.05) is 0 Å². The third kappa shape index (κ3) is 3.96. The Labute approximate surface area is 213 Å². The molecular formula is C32H56OSi. The summed E-state index contributed by atoms with van der Waals surface area (Å²) in [6.07, 6.45) is 15.1. The van der Waals surface area contributed by atoms with Gasteiger partial charge < -0.3 is 4.43 Å². The molecule has 1 saturated carbocycles. The van der Waals surface area contributed by atoms with Crippen LogP contribution in [0, 0.1) is 34.0 Å². The molecule has 0 aliphatic heterocycles. The van der Waals surface area contributed by atoms with Gasteiger partial charge in [0.1, 0.15) is 0 Å². The standard InChI is InChI=1S/C32H56OSi/c1-12-13-22(2)24-15-16-25-23-14-17-27-30(6,7)28(33-34(10,11)29(3,4)5)19-21-32(27,9)26(23)18-20-31(24,25)8/h16,22,24,27-28H,12-15,17-21H2,1-11H3/t22-,24-,27+,28+,31-,32-/m1/s1. The molecule has 0 spiro atoms. The van der Waals surface area contributed by atoms with Crippen molar-refractivity contribution in [3.8, 4) is 0 Å². The van der Waals surface area contributed by atoms with Gasteiger partial charge in [0.05, 0.1) is 6.10 Å². The summed E-state index contributed by atoms with van der Waals surface area (Å²) >= 11 is 0. The molecule has 0 aromatic carbocycles. The normalized spacial score (nSPS) is 38.7. The topological polar surface area (TPSA) is 9.23 Å². The van der Waals surface area contributed by atoms with E-state index in [2.05, 4.69) is 81.5 Å². The van der Waals surface area contributed by atoms with E-state index in [1.54, 1.807) is 5.57 Å². The minimum atomic E-state index is -1.77. The molecule has 0 unspecified atom stereocenters. The largest absolute Gasteiger partial charge is 0.413 e. The van der Waals surface area contributed by atoms with Crippen molar-refractivity contribution < 1.29 is 4.43 Å². The maximum absolute atomic E-state index is 7.15. The van der Waals surface area contributed by atoms with Crippen molar-refractivity contribution in [2.45, 2.75) is 144 Å². The van der Waals surface area contributed by atoms with Crippen LogP contribution in [0.5, 0.6) is 0 Å². The van der Waals surface area contributed by atoms with Crippen LogP contribution in [0.25, 0.3) is 0 Å². The second kappa shape index (κ2) is 8.61. The summed E-state index contributed by atoms with van der Waals surface area (Å²) in [7, 11) is -1.77. The molecule has 0 bridgehead atoms. The van der Waals surface area contributed by atoms with Crippen LogP contribution in [0.15, 0.2) is 22.8 Å². The van der Waals surface area contributed by atoms with Crippen LogP contribution in [0.1, 0.15) is 120 Å². The first kappa shape index (κ1) is 26.7. The van der Waals surface area contributed by atoms with Crippen molar-refractivity contribution in [1.82, 2.24) is 0 Å². The number of fused-ring (bicyclic) bond motifs is 4. The Morgan fingerprint density at radius 2 is 1.71 bits per heavy atom. The van der Waals surface area contributed by atoms with Gasteiger partial charge in [0.25, 0.3) is 0 Å². The van der Waals surface area contributed by atoms with Crippen LogP contribution in [-0.4, -0.2) is 14.4 Å². The molecule has 6 atom stereocenters. The maximum atomic E-state index is 7.15. The van der Waals surface area contributed by atoms with E-state index in [4.69, 9.17) is 4.43 Å². The summed E-state index contributed by atoms with van der Waals surface area (Å²) in [5, 5.41) is 0.278. The van der Waals surface area contributed by atoms with Crippen LogP contribution in [-0.2, 0) is 4.43 Å². The van der Waals surface area contributed by atoms with Crippen molar-refractivity contribution >= 4 is 8.32 Å². The third-order valence-corrected chi connectivity index (χ3v) is 16.5. The molecule has 0 saturated heterocycles. The van der Waals surface area contributed by atoms with E-state index in [-0.39, 0.29) is 10.5 Å². The second-order valence-electron chi connectivity index (χ2n) is 15.3. The zero-order valence-corrected chi connectivity index (χ0v) is 25.7. The Bertz CT molecular complexity index is 855. The Balaban J connectivity index is 1.62. The van der Waals surface area contributed by atoms with Gasteiger partial charge in [-0.1, -0.05) is 86.8 Å². The SMILES string of the molecule is CCC[C@@H](C)[C@H]1CC=C2C3=C(CC[C@@]21C)[C@@]1(C)CC[C@H](O[Si](C)(C)C(C)(C)C)C(C)(C)[C@@H]1CC3. The summed E-state index contributed by atoms with van der Waals surface area (Å²) in [6, 6.07) is 0. The molecule has 0 aromatic rings. The quantitative estimate of drug-likeness (QED) is 0.353. The number of allylic oxidation sites excluding steroid dienone is 4. The highest BCUT2D eigenvalue weighted by atomic mass is 28.4. The predicted molar refractivity (Wildman–Crippen MR) is 151 cm³/mol. The van der Waals surface area contributed by atoms with Gasteiger partial charge in [0.2, 0.25) is 0 Å². The fourth-order valence-corrected chi connectivity index (χ4v) is 10.4. The molecule has 0 radical (unpaired) electrons. The zero-order valence-electron chi connectivity index (χ0n) is 24.7. The van der Waals surface area contributed by atoms with Crippen molar-refractivity contribution in [3.05, 3.63) is 22.8 Å². The van der Waals surface area contributed by atoms with E-state index >= 15 is 0 Å². The minimum absolute atomic E-state index is 0.240. The molecule has 4 aliphatic carbocycles. The van der Waals surface area contributed by atoms with E-state index in [1.807, 2.05) is 11.1 Å². The fraction of sp³-hybridized carbons (Fsp3) is 0.875. The van der Waals surface area contributed by atoms with Gasteiger partial charge in [-0.15, -0.1) is 0 Å². The summed E-state index contributed by atoms with van der Waals surface area (Å²) in [5.74, 6) is 2.44. The Hall–Kier alpha value is -0.343. The monoisotopic (exact) mass is 484 g/mol. The van der Waals surface area contributed by atoms with Crippen molar-refractivity contribution in [3.63, 3.8) is 0 Å². The third-order valence-electron chi connectivity index (χ3n) is 12.1. The highest BCUT2D eigenvalue weighted by Crippen LogP contribution is 2.67. The molecule has 1 fully saturated rings. The molecule has 34 heavy (non-hydrogen) atoms. The molecule has 0 N–H and O–H groups in total. The summed E-state index contributed by atoms with van der Waals surface area (Å²) < 4.78 is 7.15. The van der Waals surface area contributed by atoms with E-state index in [0.717, 1.165) is 17.8 Å². The van der Waals surface area contributed by atoms with Gasteiger partial charge in [-0.2, -0.15) is 0 Å². The van der Waals surface area contributed by atoms with Crippen molar-refractivity contribution in [1.29, 1.82) is 0 Å². The lowest BCUT2D eigenvalue weighted by atomic mass is 9.46. The molecule has 0 amide bonds. The lowest BCUT2D eigenvalue weighted by Gasteiger charge is -2.61. The molecular weight excluding hydrogens is 428 g/mol. The zero-order chi connectivity index (χ0) is 25.3. The van der Waals surface area contributed by atoms with Gasteiger partial charge in [-0.3, -0.25) is 0 Å². The Morgan fingerprint density at radius 3 is 2.32 bits per heavy atom. The highest BCUT2D eigenvalue weighted by Gasteiger charge is 2.58. The molecule has 4 aliphatic rings. The number of hydrogen-bond donors (Lipinski definition) is 0. The summed E-state index contributed by atoms with van der Waals surface area (Å²) in [4.78, 5) is 0. The van der Waals surface area contributed by atoms with E-state index in [0.29, 0.717) is 16.9 Å². The first-order valence-corrected chi connectivity index (χ1v) is 17.6. The summed E-state index contributed by atoms with van der Waals surface area (Å²) in [6.45, 7) is 27.4. The van der Waals surface area contributed by atoms with Crippen molar-refractivity contribution in [2.24, 2.45) is 34.0 Å². The van der Waals surface area contributed by atoms with Gasteiger partial charge in [-0.05, 0) is 108 Å². The van der Waals surface area contributed by atoms with Crippen LogP contribution in [0.3, 0.4) is 0 Å². The second-order valence-corrected chi connectivity index (χ2v) is 20.1. The minimum Gasteiger partial charge on any atom is -0.413 e. The van der Waals surface area contributed by atoms with Crippen LogP contribution < -0.4 is 0 Å². The maximum Gasteiger partial charge on any atom is 0.192 e. The van der Waals surface area contributed by atoms with Gasteiger partial charge >= 0.3 is 0 Å². The first-order chi connectivity index (χ1) is 15.6. The van der Waals surface area contributed by atoms with E-state index in [9.17, 15) is 0 Å². The number of rotatable bonds is 5. The molecule has 0 aromatic heterocycles. The lowest BCUT2D eigenvalue weighted by Crippen LogP contribution is -2.57. The average molecular weight is 485 g/mol. The van der Waals surface area contributed by atoms with E-state index in [1.165, 1.54) is 57.8 Å². The molecule has 4 rings (SSSR count). The van der Waals surface area contributed by atoms with Crippen LogP contribution >= 0.6 is 0 Å². The molecule has 0 heterocycles. The molecule has 194 valence electrons. The van der Waals surface area contributed by atoms with Crippen LogP contribution in [0.2, 0.25) is 18.1 Å². The molecule has 1 nitrogen and oxygen atoms in total. The lowest BCUT2D eigenvalue weighted by molar-refractivity contribution is -0.0839. The number of hydrogen-bond acceptors (Lipinski definition) is 1. The fourth-order valence-electron chi connectivity index (χ4n) is 8.96. The smallest absolute Gasteiger partial charge is 0.192 e. The Morgan fingerprint density at radius 1 is 1.03 bits per heavy atom. The van der Waals surface area contributed by atoms with Gasteiger partial charge in [0, 0.05) is 0 Å². The van der Waals surface area contributed by atoms with Gasteiger partial charge in [0.15, 0.2) is 8.32 Å². The van der Waals surface area contributed by atoms with E-state index < -0.39 is 8.32 Å². The van der Waals surface area contributed by atoms with Crippen LogP contribution in [0.4, 0.5) is 0 Å². The predicted octanol–water partition coefficient (Wildman–Crippen LogP) is 10.1. The van der Waals surface area contributed by atoms with Gasteiger partial charge in [-0.25, -0.2) is 0 Å². The average Bonchev–Trinajstić information content (AvgIpc) is 3.07.